The maximum absolute atomic E-state index is 10.6. The average Bonchev–Trinajstić information content (AvgIpc) is 2.22. The molecule has 4 N–H and O–H groups in total. The molecule has 84 valence electrons. The summed E-state index contributed by atoms with van der Waals surface area (Å²) in [4.78, 5) is 10.6. The fraction of sp³-hybridized carbons (Fsp3) is 0.250. The number of nitrogens with two attached hydrogens (primary N) is 1. The number of phenolic OH excluding ortho intramolecular Hbond substituents is 1. The zero-order valence-corrected chi connectivity index (χ0v) is 9.08. The molecule has 0 spiro atoms. The quantitative estimate of drug-likeness (QED) is 0.298. The predicted octanol–water partition coefficient (Wildman–Crippen LogP) is 0.852. The van der Waals surface area contributed by atoms with Crippen molar-refractivity contribution in [3.05, 3.63) is 23.8 Å². The molecule has 1 aromatic rings. The van der Waals surface area contributed by atoms with Crippen LogP contribution in [0.1, 0.15) is 18.9 Å². The number of hydrogen-bond acceptors (Lipinski definition) is 3. The molecule has 0 saturated carbocycles. The van der Waals surface area contributed by atoms with E-state index in [9.17, 15) is 9.90 Å². The molecule has 0 atom stereocenters. The summed E-state index contributed by atoms with van der Waals surface area (Å²) in [6, 6.07) is 4.73. The van der Waals surface area contributed by atoms with E-state index < -0.39 is 0 Å². The molecule has 1 rings (SSSR count). The van der Waals surface area contributed by atoms with E-state index in [2.05, 4.69) is 17.2 Å². The van der Waals surface area contributed by atoms with Gasteiger partial charge in [-0.05, 0) is 18.2 Å². The maximum atomic E-state index is 10.6. The van der Waals surface area contributed by atoms with E-state index in [1.807, 2.05) is 0 Å². The Morgan fingerprint density at radius 1 is 1.56 bits per heavy atom. The van der Waals surface area contributed by atoms with E-state index in [0.717, 1.165) is 0 Å². The smallest absolute Gasteiger partial charge is 0.216 e. The number of hydrogen-bond donors (Lipinski definition) is 3. The molecule has 0 heterocycles. The fourth-order valence-electron chi connectivity index (χ4n) is 1.11. The second kappa shape index (κ2) is 5.66. The fourth-order valence-corrected chi connectivity index (χ4v) is 1.11. The Bertz CT molecular complexity index is 444. The van der Waals surface area contributed by atoms with Crippen LogP contribution >= 0.6 is 0 Å². The third-order valence-corrected chi connectivity index (χ3v) is 1.87. The SMILES string of the molecule is CC(=O)NCCC#Cc1cc(N)ccc1O. The Labute approximate surface area is 94.5 Å². The predicted molar refractivity (Wildman–Crippen MR) is 62.7 cm³/mol. The third kappa shape index (κ3) is 3.93. The second-order valence-electron chi connectivity index (χ2n) is 3.31. The van der Waals surface area contributed by atoms with Crippen LogP contribution in [0.5, 0.6) is 5.75 Å². The highest BCUT2D eigenvalue weighted by Crippen LogP contribution is 2.18. The second-order valence-corrected chi connectivity index (χ2v) is 3.31. The lowest BCUT2D eigenvalue weighted by atomic mass is 10.2. The Hall–Kier alpha value is -2.15. The van der Waals surface area contributed by atoms with Gasteiger partial charge in [-0.2, -0.15) is 0 Å². The van der Waals surface area contributed by atoms with Crippen LogP contribution in [0, 0.1) is 11.8 Å². The van der Waals surface area contributed by atoms with Gasteiger partial charge in [0.15, 0.2) is 0 Å². The van der Waals surface area contributed by atoms with E-state index >= 15 is 0 Å². The molecule has 0 fully saturated rings. The number of nitrogen functional groups attached to an aromatic ring is 1. The number of amides is 1. The van der Waals surface area contributed by atoms with E-state index in [4.69, 9.17) is 5.73 Å². The van der Waals surface area contributed by atoms with Crippen LogP contribution < -0.4 is 11.1 Å². The summed E-state index contributed by atoms with van der Waals surface area (Å²) < 4.78 is 0. The van der Waals surface area contributed by atoms with Gasteiger partial charge >= 0.3 is 0 Å². The molecule has 0 aliphatic carbocycles. The Balaban J connectivity index is 2.56. The van der Waals surface area contributed by atoms with Gasteiger partial charge in [0.25, 0.3) is 0 Å². The number of anilines is 1. The first-order valence-electron chi connectivity index (χ1n) is 4.91. The topological polar surface area (TPSA) is 75.4 Å². The van der Waals surface area contributed by atoms with Crippen LogP contribution in [-0.4, -0.2) is 17.6 Å². The Morgan fingerprint density at radius 2 is 2.31 bits per heavy atom. The van der Waals surface area contributed by atoms with Gasteiger partial charge in [-0.25, -0.2) is 0 Å². The lowest BCUT2D eigenvalue weighted by Crippen LogP contribution is -2.20. The van der Waals surface area contributed by atoms with Crippen molar-refractivity contribution in [2.45, 2.75) is 13.3 Å². The first-order chi connectivity index (χ1) is 7.59. The zero-order chi connectivity index (χ0) is 12.0. The van der Waals surface area contributed by atoms with E-state index in [-0.39, 0.29) is 11.7 Å². The molecule has 4 nitrogen and oxygen atoms in total. The first-order valence-corrected chi connectivity index (χ1v) is 4.91. The molecule has 4 heteroatoms. The molecule has 16 heavy (non-hydrogen) atoms. The maximum Gasteiger partial charge on any atom is 0.216 e. The monoisotopic (exact) mass is 218 g/mol. The highest BCUT2D eigenvalue weighted by Gasteiger charge is 1.96. The van der Waals surface area contributed by atoms with Crippen LogP contribution in [0.4, 0.5) is 5.69 Å². The molecule has 0 unspecified atom stereocenters. The van der Waals surface area contributed by atoms with Gasteiger partial charge in [0.2, 0.25) is 5.91 Å². The molecule has 0 aliphatic rings. The Morgan fingerprint density at radius 3 is 3.00 bits per heavy atom. The van der Waals surface area contributed by atoms with Crippen molar-refractivity contribution in [1.82, 2.24) is 5.32 Å². The van der Waals surface area contributed by atoms with Crippen LogP contribution in [0.15, 0.2) is 18.2 Å². The number of rotatable bonds is 2. The molecule has 0 bridgehead atoms. The summed E-state index contributed by atoms with van der Waals surface area (Å²) in [5.74, 6) is 5.68. The number of phenols is 1. The van der Waals surface area contributed by atoms with E-state index in [1.54, 1.807) is 12.1 Å². The molecule has 0 radical (unpaired) electrons. The highest BCUT2D eigenvalue weighted by molar-refractivity contribution is 5.72. The summed E-state index contributed by atoms with van der Waals surface area (Å²) in [5.41, 5.74) is 6.62. The van der Waals surface area contributed by atoms with E-state index in [0.29, 0.717) is 24.2 Å². The standard InChI is InChI=1S/C12H14N2O2/c1-9(15)14-7-3-2-4-10-8-11(13)5-6-12(10)16/h5-6,8,16H,3,7,13H2,1H3,(H,14,15). The molecule has 0 saturated heterocycles. The van der Waals surface area contributed by atoms with Gasteiger partial charge in [0.1, 0.15) is 5.75 Å². The lowest BCUT2D eigenvalue weighted by molar-refractivity contribution is -0.118. The molecule has 0 aromatic heterocycles. The summed E-state index contributed by atoms with van der Waals surface area (Å²) >= 11 is 0. The normalized spacial score (nSPS) is 9.06. The molecule has 1 amide bonds. The van der Waals surface area contributed by atoms with Crippen molar-refractivity contribution < 1.29 is 9.90 Å². The number of benzene rings is 1. The minimum atomic E-state index is -0.0754. The Kier molecular flexibility index (Phi) is 4.22. The van der Waals surface area contributed by atoms with E-state index in [1.165, 1.54) is 13.0 Å². The van der Waals surface area contributed by atoms with Crippen molar-refractivity contribution in [3.8, 4) is 17.6 Å². The lowest BCUT2D eigenvalue weighted by Gasteiger charge is -1.98. The van der Waals surface area contributed by atoms with Crippen molar-refractivity contribution in [3.63, 3.8) is 0 Å². The summed E-state index contributed by atoms with van der Waals surface area (Å²) in [5, 5.41) is 12.1. The number of carbonyl (C=O) groups is 1. The first kappa shape index (κ1) is 11.9. The molecule has 0 aliphatic heterocycles. The van der Waals surface area contributed by atoms with Gasteiger partial charge in [-0.1, -0.05) is 11.8 Å². The number of aromatic hydroxyl groups is 1. The summed E-state index contributed by atoms with van der Waals surface area (Å²) in [6.45, 7) is 1.96. The number of carbonyl (C=O) groups excluding carboxylic acids is 1. The van der Waals surface area contributed by atoms with Crippen molar-refractivity contribution in [2.24, 2.45) is 0 Å². The zero-order valence-electron chi connectivity index (χ0n) is 9.08. The van der Waals surface area contributed by atoms with Crippen LogP contribution in [0.3, 0.4) is 0 Å². The van der Waals surface area contributed by atoms with Gasteiger partial charge < -0.3 is 16.2 Å². The molecule has 1 aromatic carbocycles. The number of nitrogens with one attached hydrogen (secondary N) is 1. The third-order valence-electron chi connectivity index (χ3n) is 1.87. The minimum absolute atomic E-state index is 0.0754. The van der Waals surface area contributed by atoms with Crippen LogP contribution in [-0.2, 0) is 4.79 Å². The molecular weight excluding hydrogens is 204 g/mol. The van der Waals surface area contributed by atoms with Gasteiger partial charge in [0, 0.05) is 25.6 Å². The van der Waals surface area contributed by atoms with Crippen molar-refractivity contribution in [2.75, 3.05) is 12.3 Å². The minimum Gasteiger partial charge on any atom is -0.507 e. The van der Waals surface area contributed by atoms with Gasteiger partial charge in [-0.15, -0.1) is 0 Å². The van der Waals surface area contributed by atoms with Crippen LogP contribution in [0.25, 0.3) is 0 Å². The van der Waals surface area contributed by atoms with Crippen molar-refractivity contribution >= 4 is 11.6 Å². The van der Waals surface area contributed by atoms with Crippen LogP contribution in [0.2, 0.25) is 0 Å². The molecular formula is C12H14N2O2. The average molecular weight is 218 g/mol. The largest absolute Gasteiger partial charge is 0.507 e. The summed E-state index contributed by atoms with van der Waals surface area (Å²) in [7, 11) is 0. The van der Waals surface area contributed by atoms with Crippen molar-refractivity contribution in [1.29, 1.82) is 0 Å². The summed E-state index contributed by atoms with van der Waals surface area (Å²) in [6.07, 6.45) is 0.536. The van der Waals surface area contributed by atoms with Gasteiger partial charge in [0.05, 0.1) is 5.56 Å². The van der Waals surface area contributed by atoms with Gasteiger partial charge in [-0.3, -0.25) is 4.79 Å². The highest BCUT2D eigenvalue weighted by atomic mass is 16.3.